The number of amides is 2. The Labute approximate surface area is 186 Å². The average Bonchev–Trinajstić information content (AvgIpc) is 3.40. The molecule has 0 aromatic carbocycles. The topological polar surface area (TPSA) is 80.1 Å². The third-order valence-electron chi connectivity index (χ3n) is 5.32. The minimum Gasteiger partial charge on any atom is -0.346 e. The molecule has 0 unspecified atom stereocenters. The average molecular weight is 438 g/mol. The first-order valence-electron chi connectivity index (χ1n) is 10.6. The van der Waals surface area contributed by atoms with Gasteiger partial charge in [-0.1, -0.05) is 26.0 Å². The van der Waals surface area contributed by atoms with E-state index in [2.05, 4.69) is 29.2 Å². The highest BCUT2D eigenvalue weighted by atomic mass is 32.1. The van der Waals surface area contributed by atoms with Crippen molar-refractivity contribution in [1.82, 2.24) is 25.0 Å². The maximum atomic E-state index is 13.0. The zero-order valence-corrected chi connectivity index (χ0v) is 18.7. The van der Waals surface area contributed by atoms with Gasteiger partial charge in [0, 0.05) is 61.1 Å². The molecule has 3 aromatic rings. The number of nitrogens with zero attached hydrogens (tertiary/aromatic N) is 4. The van der Waals surface area contributed by atoms with Crippen LogP contribution in [-0.4, -0.2) is 38.0 Å². The van der Waals surface area contributed by atoms with E-state index < -0.39 is 0 Å². The van der Waals surface area contributed by atoms with Crippen molar-refractivity contribution in [2.24, 2.45) is 5.92 Å². The minimum atomic E-state index is -0.213. The number of pyridine rings is 1. The van der Waals surface area contributed by atoms with Gasteiger partial charge in [0.1, 0.15) is 0 Å². The van der Waals surface area contributed by atoms with Gasteiger partial charge in [-0.3, -0.25) is 19.3 Å². The fourth-order valence-electron chi connectivity index (χ4n) is 3.83. The fourth-order valence-corrected chi connectivity index (χ4v) is 4.52. The molecule has 8 heteroatoms. The van der Waals surface area contributed by atoms with Crippen molar-refractivity contribution in [2.45, 2.75) is 46.3 Å². The maximum absolute atomic E-state index is 13.0. The van der Waals surface area contributed by atoms with Gasteiger partial charge in [-0.2, -0.15) is 5.10 Å². The zero-order valence-electron chi connectivity index (χ0n) is 17.9. The summed E-state index contributed by atoms with van der Waals surface area (Å²) in [6.45, 7) is 6.48. The van der Waals surface area contributed by atoms with Crippen LogP contribution in [0.2, 0.25) is 0 Å². The van der Waals surface area contributed by atoms with Crippen LogP contribution in [-0.2, 0) is 37.3 Å². The van der Waals surface area contributed by atoms with E-state index in [1.165, 1.54) is 0 Å². The summed E-state index contributed by atoms with van der Waals surface area (Å²) in [6.07, 6.45) is 4.55. The van der Waals surface area contributed by atoms with Crippen LogP contribution in [0.15, 0.2) is 42.0 Å². The molecule has 31 heavy (non-hydrogen) atoms. The van der Waals surface area contributed by atoms with Gasteiger partial charge in [0.25, 0.3) is 5.91 Å². The summed E-state index contributed by atoms with van der Waals surface area (Å²) >= 11 is 1.59. The lowest BCUT2D eigenvalue weighted by molar-refractivity contribution is -0.131. The Kier molecular flexibility index (Phi) is 6.46. The number of rotatable bonds is 7. The largest absolute Gasteiger partial charge is 0.346 e. The number of nitrogens with one attached hydrogen (secondary N) is 1. The number of aromatic nitrogens is 3. The standard InChI is InChI=1S/C23H27N5O2S/c1-16(2)14-28-20-7-9-27(21(29)11-18-6-4-10-31-18)15-19(20)22(26-28)23(30)25-13-17-5-3-8-24-12-17/h3-6,8,10,12,16H,7,9,11,13-15H2,1-2H3,(H,25,30). The number of thiophene rings is 1. The Morgan fingerprint density at radius 2 is 2.13 bits per heavy atom. The first-order valence-corrected chi connectivity index (χ1v) is 11.4. The van der Waals surface area contributed by atoms with Gasteiger partial charge in [-0.25, -0.2) is 0 Å². The highest BCUT2D eigenvalue weighted by Crippen LogP contribution is 2.25. The van der Waals surface area contributed by atoms with Gasteiger partial charge in [-0.15, -0.1) is 11.3 Å². The monoisotopic (exact) mass is 437 g/mol. The summed E-state index contributed by atoms with van der Waals surface area (Å²) in [4.78, 5) is 32.9. The second kappa shape index (κ2) is 9.43. The minimum absolute atomic E-state index is 0.0893. The molecule has 0 bridgehead atoms. The van der Waals surface area contributed by atoms with Crippen LogP contribution < -0.4 is 5.32 Å². The van der Waals surface area contributed by atoms with Gasteiger partial charge >= 0.3 is 0 Å². The van der Waals surface area contributed by atoms with Crippen molar-refractivity contribution < 1.29 is 9.59 Å². The molecule has 0 fully saturated rings. The van der Waals surface area contributed by atoms with E-state index in [-0.39, 0.29) is 11.8 Å². The molecule has 2 amide bonds. The number of fused-ring (bicyclic) bond motifs is 1. The van der Waals surface area contributed by atoms with Crippen LogP contribution in [0.4, 0.5) is 0 Å². The number of carbonyl (C=O) groups excluding carboxylic acids is 2. The van der Waals surface area contributed by atoms with Crippen LogP contribution in [0.5, 0.6) is 0 Å². The third-order valence-corrected chi connectivity index (χ3v) is 6.20. The molecular weight excluding hydrogens is 410 g/mol. The van der Waals surface area contributed by atoms with Crippen LogP contribution in [0.1, 0.15) is 46.0 Å². The first-order chi connectivity index (χ1) is 15.0. The normalized spacial score (nSPS) is 13.3. The summed E-state index contributed by atoms with van der Waals surface area (Å²) < 4.78 is 1.96. The summed E-state index contributed by atoms with van der Waals surface area (Å²) in [6, 6.07) is 7.71. The molecular formula is C23H27N5O2S. The predicted octanol–water partition coefficient (Wildman–Crippen LogP) is 3.05. The van der Waals surface area contributed by atoms with E-state index in [1.807, 2.05) is 39.2 Å². The lowest BCUT2D eigenvalue weighted by Crippen LogP contribution is -2.38. The second-order valence-corrected chi connectivity index (χ2v) is 9.25. The molecule has 4 rings (SSSR count). The molecule has 1 aliphatic rings. The van der Waals surface area contributed by atoms with Gasteiger partial charge in [0.15, 0.2) is 5.69 Å². The molecule has 3 aromatic heterocycles. The highest BCUT2D eigenvalue weighted by molar-refractivity contribution is 7.10. The smallest absolute Gasteiger partial charge is 0.272 e. The van der Waals surface area contributed by atoms with Crippen molar-refractivity contribution in [3.05, 3.63) is 69.4 Å². The molecule has 0 radical (unpaired) electrons. The summed E-state index contributed by atoms with van der Waals surface area (Å²) in [5.74, 6) is 0.287. The van der Waals surface area contributed by atoms with E-state index in [1.54, 1.807) is 23.7 Å². The Balaban J connectivity index is 1.54. The second-order valence-electron chi connectivity index (χ2n) is 8.22. The SMILES string of the molecule is CC(C)Cn1nc(C(=O)NCc2cccnc2)c2c1CCN(C(=O)Cc1cccs1)C2. The van der Waals surface area contributed by atoms with Gasteiger partial charge in [-0.05, 0) is 29.0 Å². The molecule has 1 aliphatic heterocycles. The molecule has 0 spiro atoms. The molecule has 1 N–H and O–H groups in total. The summed E-state index contributed by atoms with van der Waals surface area (Å²) in [5.41, 5.74) is 3.29. The lowest BCUT2D eigenvalue weighted by atomic mass is 10.0. The molecule has 0 saturated heterocycles. The van der Waals surface area contributed by atoms with Gasteiger partial charge in [0.05, 0.1) is 6.42 Å². The molecule has 0 aliphatic carbocycles. The van der Waals surface area contributed by atoms with Crippen molar-refractivity contribution in [3.63, 3.8) is 0 Å². The van der Waals surface area contributed by atoms with Gasteiger partial charge in [0.2, 0.25) is 5.91 Å². The maximum Gasteiger partial charge on any atom is 0.272 e. The Morgan fingerprint density at radius 3 is 2.84 bits per heavy atom. The van der Waals surface area contributed by atoms with Crippen molar-refractivity contribution in [2.75, 3.05) is 6.54 Å². The third kappa shape index (κ3) is 5.02. The Hall–Kier alpha value is -3.00. The van der Waals surface area contributed by atoms with E-state index in [0.717, 1.165) is 28.2 Å². The molecule has 0 saturated carbocycles. The fraction of sp³-hybridized carbons (Fsp3) is 0.391. The number of hydrogen-bond donors (Lipinski definition) is 1. The lowest BCUT2D eigenvalue weighted by Gasteiger charge is -2.28. The van der Waals surface area contributed by atoms with Crippen LogP contribution in [0.3, 0.4) is 0 Å². The predicted molar refractivity (Wildman–Crippen MR) is 120 cm³/mol. The van der Waals surface area contributed by atoms with Crippen molar-refractivity contribution >= 4 is 23.2 Å². The van der Waals surface area contributed by atoms with Crippen LogP contribution >= 0.6 is 11.3 Å². The van der Waals surface area contributed by atoms with E-state index in [9.17, 15) is 9.59 Å². The van der Waals surface area contributed by atoms with E-state index in [0.29, 0.717) is 44.1 Å². The van der Waals surface area contributed by atoms with Crippen molar-refractivity contribution in [1.29, 1.82) is 0 Å². The van der Waals surface area contributed by atoms with Crippen LogP contribution in [0, 0.1) is 5.92 Å². The molecule has 162 valence electrons. The first kappa shape index (κ1) is 21.2. The number of carbonyl (C=O) groups is 2. The summed E-state index contributed by atoms with van der Waals surface area (Å²) in [5, 5.41) is 9.61. The highest BCUT2D eigenvalue weighted by Gasteiger charge is 2.30. The Morgan fingerprint density at radius 1 is 1.26 bits per heavy atom. The molecule has 7 nitrogen and oxygen atoms in total. The summed E-state index contributed by atoms with van der Waals surface area (Å²) in [7, 11) is 0. The number of hydrogen-bond acceptors (Lipinski definition) is 5. The van der Waals surface area contributed by atoms with E-state index >= 15 is 0 Å². The molecule has 4 heterocycles. The van der Waals surface area contributed by atoms with E-state index in [4.69, 9.17) is 0 Å². The quantitative estimate of drug-likeness (QED) is 0.616. The van der Waals surface area contributed by atoms with Crippen LogP contribution in [0.25, 0.3) is 0 Å². The van der Waals surface area contributed by atoms with Crippen molar-refractivity contribution in [3.8, 4) is 0 Å². The van der Waals surface area contributed by atoms with Gasteiger partial charge < -0.3 is 10.2 Å². The Bertz CT molecular complexity index is 1040. The zero-order chi connectivity index (χ0) is 21.8. The molecule has 0 atom stereocenters.